The van der Waals surface area contributed by atoms with Gasteiger partial charge in [0.1, 0.15) is 11.8 Å². The minimum Gasteiger partial charge on any atom is -0.394 e. The SMILES string of the molecule is N[C@@](C=O)(CO)CC(F)(F)F. The number of hydrogen-bond acceptors (Lipinski definition) is 3. The zero-order valence-electron chi connectivity index (χ0n) is 5.56. The topological polar surface area (TPSA) is 63.3 Å². The highest BCUT2D eigenvalue weighted by Gasteiger charge is 2.39. The molecule has 0 aliphatic rings. The second-order valence-corrected chi connectivity index (χ2v) is 2.30. The lowest BCUT2D eigenvalue weighted by Crippen LogP contribution is -2.48. The lowest BCUT2D eigenvalue weighted by molar-refractivity contribution is -0.154. The van der Waals surface area contributed by atoms with Crippen molar-refractivity contribution in [1.29, 1.82) is 0 Å². The highest BCUT2D eigenvalue weighted by Crippen LogP contribution is 2.24. The van der Waals surface area contributed by atoms with Crippen LogP contribution in [0.25, 0.3) is 0 Å². The molecule has 66 valence electrons. The molecule has 0 bridgehead atoms. The van der Waals surface area contributed by atoms with E-state index < -0.39 is 24.7 Å². The highest BCUT2D eigenvalue weighted by molar-refractivity contribution is 5.64. The first kappa shape index (κ1) is 10.4. The Balaban J connectivity index is 4.19. The van der Waals surface area contributed by atoms with Crippen molar-refractivity contribution in [3.8, 4) is 0 Å². The number of aliphatic hydroxyl groups excluding tert-OH is 1. The zero-order valence-corrected chi connectivity index (χ0v) is 5.56. The number of nitrogens with two attached hydrogens (primary N) is 1. The molecule has 1 atom stereocenters. The normalized spacial score (nSPS) is 17.5. The van der Waals surface area contributed by atoms with Crippen molar-refractivity contribution in [2.45, 2.75) is 18.1 Å². The molecule has 0 aromatic heterocycles. The van der Waals surface area contributed by atoms with E-state index in [0.717, 1.165) is 0 Å². The van der Waals surface area contributed by atoms with E-state index >= 15 is 0 Å². The Morgan fingerprint density at radius 1 is 1.45 bits per heavy atom. The maximum atomic E-state index is 11.6. The first-order valence-electron chi connectivity index (χ1n) is 2.76. The highest BCUT2D eigenvalue weighted by atomic mass is 19.4. The molecule has 0 saturated carbocycles. The Hall–Kier alpha value is -0.620. The van der Waals surface area contributed by atoms with E-state index in [1.165, 1.54) is 0 Å². The standard InChI is InChI=1S/C5H8F3NO2/c6-5(7,8)1-4(9,2-10)3-11/h2,11H,1,3,9H2/t4-/m0/s1. The molecule has 0 unspecified atom stereocenters. The molecule has 0 radical (unpaired) electrons. The third kappa shape index (κ3) is 3.94. The fourth-order valence-electron chi connectivity index (χ4n) is 0.508. The molecule has 0 amide bonds. The van der Waals surface area contributed by atoms with Gasteiger partial charge < -0.3 is 15.6 Å². The second kappa shape index (κ2) is 3.19. The number of carbonyl (C=O) groups is 1. The summed E-state index contributed by atoms with van der Waals surface area (Å²) in [5.74, 6) is 0. The van der Waals surface area contributed by atoms with Gasteiger partial charge in [0.2, 0.25) is 0 Å². The van der Waals surface area contributed by atoms with Crippen LogP contribution in [-0.2, 0) is 4.79 Å². The molecule has 0 rings (SSSR count). The van der Waals surface area contributed by atoms with Gasteiger partial charge in [-0.25, -0.2) is 0 Å². The van der Waals surface area contributed by atoms with Crippen molar-refractivity contribution in [1.82, 2.24) is 0 Å². The minimum absolute atomic E-state index is 0.0967. The molecule has 0 aromatic rings. The molecule has 0 aromatic carbocycles. The van der Waals surface area contributed by atoms with E-state index in [0.29, 0.717) is 0 Å². The third-order valence-electron chi connectivity index (χ3n) is 1.06. The predicted molar refractivity (Wildman–Crippen MR) is 30.7 cm³/mol. The van der Waals surface area contributed by atoms with Gasteiger partial charge in [-0.15, -0.1) is 0 Å². The van der Waals surface area contributed by atoms with Gasteiger partial charge in [0.15, 0.2) is 0 Å². The van der Waals surface area contributed by atoms with Crippen molar-refractivity contribution in [3.05, 3.63) is 0 Å². The minimum atomic E-state index is -4.53. The molecule has 3 nitrogen and oxygen atoms in total. The number of halogens is 3. The maximum absolute atomic E-state index is 11.6. The zero-order chi connectivity index (χ0) is 9.12. The van der Waals surface area contributed by atoms with Gasteiger partial charge in [-0.05, 0) is 0 Å². The van der Waals surface area contributed by atoms with Gasteiger partial charge in [-0.3, -0.25) is 0 Å². The molecule has 0 saturated heterocycles. The molecule has 0 fully saturated rings. The number of carbonyl (C=O) groups excluding carboxylic acids is 1. The van der Waals surface area contributed by atoms with Crippen molar-refractivity contribution in [2.75, 3.05) is 6.61 Å². The van der Waals surface area contributed by atoms with Crippen LogP contribution >= 0.6 is 0 Å². The van der Waals surface area contributed by atoms with Crippen LogP contribution in [0.1, 0.15) is 6.42 Å². The molecular formula is C5H8F3NO2. The summed E-state index contributed by atoms with van der Waals surface area (Å²) < 4.78 is 34.7. The summed E-state index contributed by atoms with van der Waals surface area (Å²) in [5.41, 5.74) is 2.66. The van der Waals surface area contributed by atoms with Gasteiger partial charge in [-0.1, -0.05) is 0 Å². The van der Waals surface area contributed by atoms with E-state index in [1.807, 2.05) is 0 Å². The Morgan fingerprint density at radius 3 is 2.00 bits per heavy atom. The number of aliphatic hydroxyl groups is 1. The molecule has 0 aliphatic heterocycles. The van der Waals surface area contributed by atoms with Gasteiger partial charge in [0.25, 0.3) is 0 Å². The first-order valence-corrected chi connectivity index (χ1v) is 2.76. The van der Waals surface area contributed by atoms with Crippen molar-refractivity contribution in [2.24, 2.45) is 5.73 Å². The number of alkyl halides is 3. The van der Waals surface area contributed by atoms with Crippen LogP contribution in [-0.4, -0.2) is 29.7 Å². The smallest absolute Gasteiger partial charge is 0.391 e. The fraction of sp³-hybridized carbons (Fsp3) is 0.800. The van der Waals surface area contributed by atoms with Crippen LogP contribution in [0.3, 0.4) is 0 Å². The Bertz CT molecular complexity index is 147. The van der Waals surface area contributed by atoms with Gasteiger partial charge in [-0.2, -0.15) is 13.2 Å². The summed E-state index contributed by atoms with van der Waals surface area (Å²) >= 11 is 0. The van der Waals surface area contributed by atoms with E-state index in [-0.39, 0.29) is 6.29 Å². The maximum Gasteiger partial charge on any atom is 0.391 e. The Labute approximate surface area is 61.0 Å². The largest absolute Gasteiger partial charge is 0.394 e. The number of rotatable bonds is 3. The van der Waals surface area contributed by atoms with Gasteiger partial charge >= 0.3 is 6.18 Å². The number of aldehydes is 1. The molecule has 3 N–H and O–H groups in total. The van der Waals surface area contributed by atoms with E-state index in [9.17, 15) is 18.0 Å². The van der Waals surface area contributed by atoms with E-state index in [2.05, 4.69) is 0 Å². The van der Waals surface area contributed by atoms with Crippen LogP contribution in [0, 0.1) is 0 Å². The van der Waals surface area contributed by atoms with Gasteiger partial charge in [0, 0.05) is 0 Å². The third-order valence-corrected chi connectivity index (χ3v) is 1.06. The van der Waals surface area contributed by atoms with Crippen molar-refractivity contribution < 1.29 is 23.1 Å². The monoisotopic (exact) mass is 171 g/mol. The van der Waals surface area contributed by atoms with Crippen LogP contribution in [0.15, 0.2) is 0 Å². The van der Waals surface area contributed by atoms with Crippen LogP contribution in [0.5, 0.6) is 0 Å². The number of hydrogen-bond donors (Lipinski definition) is 2. The summed E-state index contributed by atoms with van der Waals surface area (Å²) in [5, 5.41) is 8.29. The van der Waals surface area contributed by atoms with E-state index in [1.54, 1.807) is 0 Å². The lowest BCUT2D eigenvalue weighted by atomic mass is 10.00. The Kier molecular flexibility index (Phi) is 3.01. The van der Waals surface area contributed by atoms with Crippen molar-refractivity contribution in [3.63, 3.8) is 0 Å². The predicted octanol–water partition coefficient (Wildman–Crippen LogP) is -0.173. The summed E-state index contributed by atoms with van der Waals surface area (Å²) in [6, 6.07) is 0. The van der Waals surface area contributed by atoms with Crippen LogP contribution < -0.4 is 5.73 Å². The summed E-state index contributed by atoms with van der Waals surface area (Å²) in [6.07, 6.45) is -6.13. The fourth-order valence-corrected chi connectivity index (χ4v) is 0.508. The average molecular weight is 171 g/mol. The Morgan fingerprint density at radius 2 is 1.91 bits per heavy atom. The molecule has 11 heavy (non-hydrogen) atoms. The van der Waals surface area contributed by atoms with Crippen LogP contribution in [0.2, 0.25) is 0 Å². The summed E-state index contributed by atoms with van der Waals surface area (Å²) in [6.45, 7) is -1.00. The molecule has 6 heteroatoms. The molecule has 0 aliphatic carbocycles. The van der Waals surface area contributed by atoms with E-state index in [4.69, 9.17) is 10.8 Å². The molecular weight excluding hydrogens is 163 g/mol. The molecule has 0 heterocycles. The first-order chi connectivity index (χ1) is 4.83. The summed E-state index contributed by atoms with van der Waals surface area (Å²) in [7, 11) is 0. The second-order valence-electron chi connectivity index (χ2n) is 2.30. The van der Waals surface area contributed by atoms with Crippen molar-refractivity contribution >= 4 is 6.29 Å². The summed E-state index contributed by atoms with van der Waals surface area (Å²) in [4.78, 5) is 9.95. The quantitative estimate of drug-likeness (QED) is 0.579. The average Bonchev–Trinajstić information content (AvgIpc) is 1.84. The lowest BCUT2D eigenvalue weighted by Gasteiger charge is -2.20. The molecule has 0 spiro atoms. The van der Waals surface area contributed by atoms with Crippen LogP contribution in [0.4, 0.5) is 13.2 Å². The van der Waals surface area contributed by atoms with Gasteiger partial charge in [0.05, 0.1) is 13.0 Å².